The van der Waals surface area contributed by atoms with Crippen molar-refractivity contribution in [1.82, 2.24) is 9.13 Å². The van der Waals surface area contributed by atoms with E-state index in [0.29, 0.717) is 13.2 Å². The standard InChI is InChI=1S/C18H21N3O3/c1-20-16-9-6-14(12-17(16)21(2)18(20)22)19-13-4-7-15(8-5-13)24-11-10-23-3/h4-9,12,19H,10-11H2,1-3H3. The highest BCUT2D eigenvalue weighted by Crippen LogP contribution is 2.23. The van der Waals surface area contributed by atoms with E-state index in [-0.39, 0.29) is 5.69 Å². The van der Waals surface area contributed by atoms with Crippen LogP contribution >= 0.6 is 0 Å². The van der Waals surface area contributed by atoms with Crippen molar-refractivity contribution in [2.75, 3.05) is 25.6 Å². The minimum atomic E-state index is -0.0280. The molecule has 0 radical (unpaired) electrons. The highest BCUT2D eigenvalue weighted by molar-refractivity contribution is 5.81. The maximum atomic E-state index is 12.0. The van der Waals surface area contributed by atoms with Gasteiger partial charge in [-0.15, -0.1) is 0 Å². The summed E-state index contributed by atoms with van der Waals surface area (Å²) in [6.07, 6.45) is 0. The van der Waals surface area contributed by atoms with Gasteiger partial charge in [-0.05, 0) is 42.5 Å². The van der Waals surface area contributed by atoms with Gasteiger partial charge in [-0.1, -0.05) is 0 Å². The molecule has 1 heterocycles. The van der Waals surface area contributed by atoms with E-state index in [1.807, 2.05) is 42.5 Å². The van der Waals surface area contributed by atoms with E-state index in [1.54, 1.807) is 30.3 Å². The van der Waals surface area contributed by atoms with Crippen LogP contribution in [0.15, 0.2) is 47.3 Å². The lowest BCUT2D eigenvalue weighted by Crippen LogP contribution is -2.19. The molecule has 0 aliphatic carbocycles. The van der Waals surface area contributed by atoms with Crippen LogP contribution in [-0.4, -0.2) is 29.5 Å². The first-order valence-corrected chi connectivity index (χ1v) is 7.74. The fourth-order valence-corrected chi connectivity index (χ4v) is 2.63. The van der Waals surface area contributed by atoms with Crippen LogP contribution < -0.4 is 15.7 Å². The predicted molar refractivity (Wildman–Crippen MR) is 95.3 cm³/mol. The lowest BCUT2D eigenvalue weighted by molar-refractivity contribution is 0.146. The van der Waals surface area contributed by atoms with E-state index in [1.165, 1.54) is 0 Å². The summed E-state index contributed by atoms with van der Waals surface area (Å²) >= 11 is 0. The largest absolute Gasteiger partial charge is 0.491 e. The molecular weight excluding hydrogens is 306 g/mol. The molecule has 0 aliphatic rings. The molecular formula is C18H21N3O3. The number of fused-ring (bicyclic) bond motifs is 1. The van der Waals surface area contributed by atoms with E-state index >= 15 is 0 Å². The fourth-order valence-electron chi connectivity index (χ4n) is 2.63. The number of nitrogens with one attached hydrogen (secondary N) is 1. The number of hydrogen-bond acceptors (Lipinski definition) is 4. The topological polar surface area (TPSA) is 57.4 Å². The Morgan fingerprint density at radius 3 is 2.29 bits per heavy atom. The van der Waals surface area contributed by atoms with Crippen LogP contribution in [-0.2, 0) is 18.8 Å². The summed E-state index contributed by atoms with van der Waals surface area (Å²) in [6.45, 7) is 1.10. The molecule has 3 rings (SSSR count). The van der Waals surface area contributed by atoms with Crippen molar-refractivity contribution < 1.29 is 9.47 Å². The average molecular weight is 327 g/mol. The van der Waals surface area contributed by atoms with E-state index < -0.39 is 0 Å². The first-order chi connectivity index (χ1) is 11.6. The molecule has 0 saturated heterocycles. The molecule has 1 aromatic heterocycles. The van der Waals surface area contributed by atoms with Gasteiger partial charge in [0.1, 0.15) is 12.4 Å². The normalized spacial score (nSPS) is 11.0. The van der Waals surface area contributed by atoms with Gasteiger partial charge >= 0.3 is 5.69 Å². The van der Waals surface area contributed by atoms with E-state index in [0.717, 1.165) is 28.2 Å². The van der Waals surface area contributed by atoms with Gasteiger partial charge in [0.15, 0.2) is 0 Å². The molecule has 1 N–H and O–H groups in total. The molecule has 6 heteroatoms. The number of ether oxygens (including phenoxy) is 2. The Kier molecular flexibility index (Phi) is 4.57. The number of rotatable bonds is 6. The van der Waals surface area contributed by atoms with Crippen molar-refractivity contribution in [1.29, 1.82) is 0 Å². The number of benzene rings is 2. The highest BCUT2D eigenvalue weighted by atomic mass is 16.5. The monoisotopic (exact) mass is 327 g/mol. The number of aryl methyl sites for hydroxylation is 2. The molecule has 0 unspecified atom stereocenters. The fraction of sp³-hybridized carbons (Fsp3) is 0.278. The summed E-state index contributed by atoms with van der Waals surface area (Å²) in [5, 5.41) is 3.34. The van der Waals surface area contributed by atoms with E-state index in [9.17, 15) is 4.79 Å². The Bertz CT molecular complexity index is 894. The van der Waals surface area contributed by atoms with Crippen LogP contribution in [0.25, 0.3) is 11.0 Å². The van der Waals surface area contributed by atoms with Crippen molar-refractivity contribution >= 4 is 22.4 Å². The van der Waals surface area contributed by atoms with Crippen molar-refractivity contribution in [3.63, 3.8) is 0 Å². The van der Waals surface area contributed by atoms with Gasteiger partial charge in [-0.25, -0.2) is 4.79 Å². The van der Waals surface area contributed by atoms with Crippen molar-refractivity contribution in [3.05, 3.63) is 52.9 Å². The third-order valence-electron chi connectivity index (χ3n) is 3.97. The number of hydrogen-bond donors (Lipinski definition) is 1. The zero-order valence-electron chi connectivity index (χ0n) is 14.1. The SMILES string of the molecule is COCCOc1ccc(Nc2ccc3c(c2)n(C)c(=O)n3C)cc1. The second-order valence-electron chi connectivity index (χ2n) is 5.59. The van der Waals surface area contributed by atoms with Crippen molar-refractivity contribution in [2.45, 2.75) is 0 Å². The van der Waals surface area contributed by atoms with E-state index in [4.69, 9.17) is 9.47 Å². The number of imidazole rings is 1. The van der Waals surface area contributed by atoms with Crippen LogP contribution in [0, 0.1) is 0 Å². The second kappa shape index (κ2) is 6.80. The molecule has 3 aromatic rings. The second-order valence-corrected chi connectivity index (χ2v) is 5.59. The Labute approximate surface area is 140 Å². The van der Waals surface area contributed by atoms with Gasteiger partial charge in [-0.3, -0.25) is 9.13 Å². The Morgan fingerprint density at radius 2 is 1.58 bits per heavy atom. The third-order valence-corrected chi connectivity index (χ3v) is 3.97. The number of anilines is 2. The molecule has 0 bridgehead atoms. The Morgan fingerprint density at radius 1 is 0.917 bits per heavy atom. The highest BCUT2D eigenvalue weighted by Gasteiger charge is 2.08. The van der Waals surface area contributed by atoms with Gasteiger partial charge in [0.25, 0.3) is 0 Å². The molecule has 24 heavy (non-hydrogen) atoms. The molecule has 6 nitrogen and oxygen atoms in total. The average Bonchev–Trinajstić information content (AvgIpc) is 2.81. The minimum absolute atomic E-state index is 0.0280. The predicted octanol–water partition coefficient (Wildman–Crippen LogP) is 2.65. The maximum Gasteiger partial charge on any atom is 0.328 e. The van der Waals surface area contributed by atoms with Crippen molar-refractivity contribution in [3.8, 4) is 5.75 Å². The van der Waals surface area contributed by atoms with Gasteiger partial charge in [0.05, 0.1) is 17.6 Å². The lowest BCUT2D eigenvalue weighted by Gasteiger charge is -2.09. The van der Waals surface area contributed by atoms with Crippen LogP contribution in [0.3, 0.4) is 0 Å². The maximum absolute atomic E-state index is 12.0. The number of methoxy groups -OCH3 is 1. The summed E-state index contributed by atoms with van der Waals surface area (Å²) in [7, 11) is 5.20. The van der Waals surface area contributed by atoms with Gasteiger partial charge in [0.2, 0.25) is 0 Å². The summed E-state index contributed by atoms with van der Waals surface area (Å²) in [5.74, 6) is 0.804. The Balaban J connectivity index is 1.77. The minimum Gasteiger partial charge on any atom is -0.491 e. The quantitative estimate of drug-likeness (QED) is 0.707. The zero-order valence-corrected chi connectivity index (χ0v) is 14.1. The third kappa shape index (κ3) is 3.14. The molecule has 0 fully saturated rings. The van der Waals surface area contributed by atoms with Crippen LogP contribution in [0.2, 0.25) is 0 Å². The smallest absolute Gasteiger partial charge is 0.328 e. The molecule has 0 aliphatic heterocycles. The van der Waals surface area contributed by atoms with Crippen LogP contribution in [0.4, 0.5) is 11.4 Å². The van der Waals surface area contributed by atoms with Gasteiger partial charge in [0, 0.05) is 32.6 Å². The molecule has 0 spiro atoms. The van der Waals surface area contributed by atoms with Gasteiger partial charge in [-0.2, -0.15) is 0 Å². The van der Waals surface area contributed by atoms with Crippen LogP contribution in [0.1, 0.15) is 0 Å². The molecule has 126 valence electrons. The number of aromatic nitrogens is 2. The zero-order chi connectivity index (χ0) is 17.1. The van der Waals surface area contributed by atoms with Crippen molar-refractivity contribution in [2.24, 2.45) is 14.1 Å². The Hall–Kier alpha value is -2.73. The molecule has 0 atom stereocenters. The summed E-state index contributed by atoms with van der Waals surface area (Å²) in [6, 6.07) is 13.6. The molecule has 0 saturated carbocycles. The molecule has 2 aromatic carbocycles. The number of nitrogens with zero attached hydrogens (tertiary/aromatic N) is 2. The van der Waals surface area contributed by atoms with Gasteiger partial charge < -0.3 is 14.8 Å². The summed E-state index contributed by atoms with van der Waals surface area (Å²) in [4.78, 5) is 12.0. The lowest BCUT2D eigenvalue weighted by atomic mass is 10.2. The first-order valence-electron chi connectivity index (χ1n) is 7.74. The molecule has 0 amide bonds. The first kappa shape index (κ1) is 16.1. The van der Waals surface area contributed by atoms with E-state index in [2.05, 4.69) is 5.32 Å². The summed E-state index contributed by atoms with van der Waals surface area (Å²) in [5.41, 5.74) is 3.66. The van der Waals surface area contributed by atoms with Crippen LogP contribution in [0.5, 0.6) is 5.75 Å². The summed E-state index contributed by atoms with van der Waals surface area (Å²) < 4.78 is 13.8.